The predicted molar refractivity (Wildman–Crippen MR) is 127 cm³/mol. The number of rotatable bonds is 8. The zero-order valence-electron chi connectivity index (χ0n) is 19.6. The lowest BCUT2D eigenvalue weighted by atomic mass is 10.3. The molecule has 0 atom stereocenters. The Labute approximate surface area is 198 Å². The molecule has 3 aromatic rings. The van der Waals surface area contributed by atoms with E-state index < -0.39 is 0 Å². The minimum atomic E-state index is -0.304. The molecule has 0 bridgehead atoms. The smallest absolute Gasteiger partial charge is 0.317 e. The lowest BCUT2D eigenvalue weighted by molar-refractivity contribution is -0.142. The van der Waals surface area contributed by atoms with Crippen LogP contribution in [0, 0.1) is 0 Å². The summed E-state index contributed by atoms with van der Waals surface area (Å²) < 4.78 is 12.3. The molecule has 0 saturated carbocycles. The standard InChI is InChI=1S/C24H30N6O4/c1-3-34-22(31)10-12-26-24(32)29-15-13-28(14-16-29)17-21-27-20-5-4-11-25-23(20)30(21)18-6-8-19(33-2)9-7-18/h4-9,11H,3,10,12-17H2,1-2H3,(H,26,32). The number of amides is 2. The van der Waals surface area contributed by atoms with Crippen molar-refractivity contribution in [3.05, 3.63) is 48.4 Å². The minimum absolute atomic E-state index is 0.154. The van der Waals surface area contributed by atoms with Gasteiger partial charge in [-0.15, -0.1) is 0 Å². The number of nitrogens with one attached hydrogen (secondary N) is 1. The van der Waals surface area contributed by atoms with Crippen LogP contribution in [0.4, 0.5) is 4.79 Å². The number of fused-ring (bicyclic) bond motifs is 1. The van der Waals surface area contributed by atoms with E-state index in [0.717, 1.165) is 41.5 Å². The molecular weight excluding hydrogens is 436 g/mol. The normalized spacial score (nSPS) is 14.2. The Balaban J connectivity index is 1.39. The lowest BCUT2D eigenvalue weighted by Gasteiger charge is -2.34. The Morgan fingerprint density at radius 2 is 1.85 bits per heavy atom. The Morgan fingerprint density at radius 3 is 2.56 bits per heavy atom. The molecule has 0 spiro atoms. The minimum Gasteiger partial charge on any atom is -0.497 e. The van der Waals surface area contributed by atoms with Crippen LogP contribution in [0.2, 0.25) is 0 Å². The van der Waals surface area contributed by atoms with Gasteiger partial charge in [-0.25, -0.2) is 14.8 Å². The van der Waals surface area contributed by atoms with Crippen molar-refractivity contribution in [1.29, 1.82) is 0 Å². The number of ether oxygens (including phenoxy) is 2. The van der Waals surface area contributed by atoms with Crippen LogP contribution in [0.1, 0.15) is 19.2 Å². The molecule has 1 aliphatic rings. The quantitative estimate of drug-likeness (QED) is 0.508. The van der Waals surface area contributed by atoms with Gasteiger partial charge in [0, 0.05) is 44.6 Å². The molecule has 180 valence electrons. The van der Waals surface area contributed by atoms with Crippen molar-refractivity contribution in [1.82, 2.24) is 29.7 Å². The highest BCUT2D eigenvalue weighted by Crippen LogP contribution is 2.23. The Hall–Kier alpha value is -3.66. The van der Waals surface area contributed by atoms with E-state index in [1.807, 2.05) is 36.4 Å². The van der Waals surface area contributed by atoms with E-state index in [0.29, 0.717) is 26.2 Å². The van der Waals surface area contributed by atoms with Gasteiger partial charge in [0.25, 0.3) is 0 Å². The fraction of sp³-hybridized carbons (Fsp3) is 0.417. The average Bonchev–Trinajstić information content (AvgIpc) is 3.22. The summed E-state index contributed by atoms with van der Waals surface area (Å²) >= 11 is 0. The van der Waals surface area contributed by atoms with E-state index in [1.54, 1.807) is 25.1 Å². The number of hydrogen-bond acceptors (Lipinski definition) is 7. The second-order valence-electron chi connectivity index (χ2n) is 7.96. The third-order valence-electron chi connectivity index (χ3n) is 5.75. The van der Waals surface area contributed by atoms with E-state index >= 15 is 0 Å². The number of aromatic nitrogens is 3. The molecule has 3 heterocycles. The lowest BCUT2D eigenvalue weighted by Crippen LogP contribution is -2.51. The third-order valence-corrected chi connectivity index (χ3v) is 5.75. The van der Waals surface area contributed by atoms with Crippen LogP contribution in [-0.4, -0.2) is 82.8 Å². The van der Waals surface area contributed by atoms with Crippen LogP contribution in [0.5, 0.6) is 5.75 Å². The molecule has 1 aliphatic heterocycles. The Kier molecular flexibility index (Phi) is 7.58. The maximum absolute atomic E-state index is 12.4. The number of nitrogens with zero attached hydrogens (tertiary/aromatic N) is 5. The summed E-state index contributed by atoms with van der Waals surface area (Å²) in [7, 11) is 1.65. The van der Waals surface area contributed by atoms with Crippen LogP contribution in [-0.2, 0) is 16.1 Å². The summed E-state index contributed by atoms with van der Waals surface area (Å²) in [4.78, 5) is 37.3. The number of piperazine rings is 1. The first-order chi connectivity index (χ1) is 16.6. The molecule has 2 aromatic heterocycles. The number of urea groups is 1. The van der Waals surface area contributed by atoms with Gasteiger partial charge in [-0.1, -0.05) is 0 Å². The van der Waals surface area contributed by atoms with E-state index in [1.165, 1.54) is 0 Å². The Bertz CT molecular complexity index is 1120. The maximum atomic E-state index is 12.4. The molecule has 10 nitrogen and oxygen atoms in total. The summed E-state index contributed by atoms with van der Waals surface area (Å²) in [6.45, 7) is 5.68. The number of esters is 1. The molecule has 0 radical (unpaired) electrons. The van der Waals surface area contributed by atoms with Gasteiger partial charge in [-0.2, -0.15) is 0 Å². The number of imidazole rings is 1. The van der Waals surface area contributed by atoms with Crippen molar-refractivity contribution >= 4 is 23.2 Å². The summed E-state index contributed by atoms with van der Waals surface area (Å²) in [5.74, 6) is 1.38. The second-order valence-corrected chi connectivity index (χ2v) is 7.96. The van der Waals surface area contributed by atoms with E-state index in [2.05, 4.69) is 19.8 Å². The molecule has 2 amide bonds. The van der Waals surface area contributed by atoms with Crippen molar-refractivity contribution in [3.63, 3.8) is 0 Å². The van der Waals surface area contributed by atoms with Gasteiger partial charge < -0.3 is 19.7 Å². The van der Waals surface area contributed by atoms with Crippen molar-refractivity contribution in [2.24, 2.45) is 0 Å². The van der Waals surface area contributed by atoms with Gasteiger partial charge in [0.05, 0.1) is 26.7 Å². The van der Waals surface area contributed by atoms with Crippen molar-refractivity contribution in [2.45, 2.75) is 19.9 Å². The van der Waals surface area contributed by atoms with E-state index in [-0.39, 0.29) is 25.0 Å². The molecule has 1 fully saturated rings. The van der Waals surface area contributed by atoms with Gasteiger partial charge >= 0.3 is 12.0 Å². The Morgan fingerprint density at radius 1 is 1.09 bits per heavy atom. The number of methoxy groups -OCH3 is 1. The van der Waals surface area contributed by atoms with Gasteiger partial charge in [0.1, 0.15) is 17.1 Å². The average molecular weight is 467 g/mol. The zero-order chi connectivity index (χ0) is 23.9. The first-order valence-electron chi connectivity index (χ1n) is 11.5. The van der Waals surface area contributed by atoms with E-state index in [4.69, 9.17) is 14.5 Å². The highest BCUT2D eigenvalue weighted by atomic mass is 16.5. The largest absolute Gasteiger partial charge is 0.497 e. The fourth-order valence-corrected chi connectivity index (χ4v) is 3.99. The van der Waals surface area contributed by atoms with Crippen molar-refractivity contribution in [2.75, 3.05) is 46.4 Å². The highest BCUT2D eigenvalue weighted by Gasteiger charge is 2.23. The molecule has 1 N–H and O–H groups in total. The maximum Gasteiger partial charge on any atom is 0.317 e. The number of benzene rings is 1. The van der Waals surface area contributed by atoms with Crippen LogP contribution >= 0.6 is 0 Å². The van der Waals surface area contributed by atoms with E-state index in [9.17, 15) is 9.59 Å². The number of hydrogen-bond donors (Lipinski definition) is 1. The number of carbonyl (C=O) groups is 2. The van der Waals surface area contributed by atoms with Crippen LogP contribution in [0.15, 0.2) is 42.6 Å². The molecule has 4 rings (SSSR count). The predicted octanol–water partition coefficient (Wildman–Crippen LogP) is 2.21. The number of pyridine rings is 1. The monoisotopic (exact) mass is 466 g/mol. The van der Waals surface area contributed by atoms with Crippen LogP contribution < -0.4 is 10.1 Å². The summed E-state index contributed by atoms with van der Waals surface area (Å²) in [5.41, 5.74) is 2.62. The first-order valence-corrected chi connectivity index (χ1v) is 11.5. The second kappa shape index (κ2) is 11.0. The molecule has 0 aliphatic carbocycles. The van der Waals surface area contributed by atoms with Gasteiger partial charge in [0.15, 0.2) is 5.65 Å². The van der Waals surface area contributed by atoms with Crippen molar-refractivity contribution < 1.29 is 19.1 Å². The number of carbonyl (C=O) groups excluding carboxylic acids is 2. The molecule has 1 aromatic carbocycles. The fourth-order valence-electron chi connectivity index (χ4n) is 3.99. The van der Waals surface area contributed by atoms with Gasteiger partial charge in [-0.3, -0.25) is 14.3 Å². The van der Waals surface area contributed by atoms with Crippen LogP contribution in [0.25, 0.3) is 16.9 Å². The molecular formula is C24H30N6O4. The van der Waals surface area contributed by atoms with Gasteiger partial charge in [0.2, 0.25) is 0 Å². The SMILES string of the molecule is CCOC(=O)CCNC(=O)N1CCN(Cc2nc3cccnc3n2-c2ccc(OC)cc2)CC1. The molecule has 34 heavy (non-hydrogen) atoms. The first kappa shape index (κ1) is 23.5. The zero-order valence-corrected chi connectivity index (χ0v) is 19.6. The van der Waals surface area contributed by atoms with Gasteiger partial charge in [-0.05, 0) is 43.3 Å². The summed E-state index contributed by atoms with van der Waals surface area (Å²) in [6, 6.07) is 11.5. The highest BCUT2D eigenvalue weighted by molar-refractivity contribution is 5.76. The molecule has 10 heteroatoms. The summed E-state index contributed by atoms with van der Waals surface area (Å²) in [6.07, 6.45) is 1.95. The summed E-state index contributed by atoms with van der Waals surface area (Å²) in [5, 5.41) is 2.80. The van der Waals surface area contributed by atoms with Crippen LogP contribution in [0.3, 0.4) is 0 Å². The molecule has 0 unspecified atom stereocenters. The third kappa shape index (κ3) is 5.45. The topological polar surface area (TPSA) is 102 Å². The van der Waals surface area contributed by atoms with Crippen molar-refractivity contribution in [3.8, 4) is 11.4 Å². The molecule has 1 saturated heterocycles.